The molecule has 1 fully saturated rings. The zero-order chi connectivity index (χ0) is 25.8. The lowest BCUT2D eigenvalue weighted by molar-refractivity contribution is -0.129. The van der Waals surface area contributed by atoms with E-state index in [4.69, 9.17) is 0 Å². The molecular weight excluding hydrogens is 491 g/mol. The summed E-state index contributed by atoms with van der Waals surface area (Å²) >= 11 is 1.18. The lowest BCUT2D eigenvalue weighted by Gasteiger charge is -2.24. The molecule has 188 valence electrons. The third kappa shape index (κ3) is 6.47. The van der Waals surface area contributed by atoms with Crippen molar-refractivity contribution in [2.24, 2.45) is 4.99 Å². The van der Waals surface area contributed by atoms with Gasteiger partial charge < -0.3 is 5.32 Å². The third-order valence-corrected chi connectivity index (χ3v) is 8.40. The van der Waals surface area contributed by atoms with E-state index < -0.39 is 21.1 Å². The maximum atomic E-state index is 13.3. The molecule has 2 atom stereocenters. The molecule has 0 saturated carbocycles. The molecule has 8 nitrogen and oxygen atoms in total. The van der Waals surface area contributed by atoms with Crippen LogP contribution in [0, 0.1) is 5.82 Å². The van der Waals surface area contributed by atoms with Gasteiger partial charge in [-0.25, -0.2) is 22.1 Å². The van der Waals surface area contributed by atoms with E-state index in [0.29, 0.717) is 16.5 Å². The molecule has 35 heavy (non-hydrogen) atoms. The predicted molar refractivity (Wildman–Crippen MR) is 137 cm³/mol. The lowest BCUT2D eigenvalue weighted by Crippen LogP contribution is -2.40. The summed E-state index contributed by atoms with van der Waals surface area (Å²) in [6.07, 6.45) is 1.52. The van der Waals surface area contributed by atoms with E-state index in [-0.39, 0.29) is 29.2 Å². The molecule has 2 unspecified atom stereocenters. The van der Waals surface area contributed by atoms with E-state index in [1.807, 2.05) is 13.8 Å². The van der Waals surface area contributed by atoms with Gasteiger partial charge >= 0.3 is 0 Å². The van der Waals surface area contributed by atoms with Crippen LogP contribution in [0.4, 0.5) is 15.8 Å². The number of nitrogens with one attached hydrogen (secondary N) is 1. The first kappa shape index (κ1) is 26.8. The molecule has 0 aromatic heterocycles. The van der Waals surface area contributed by atoms with Gasteiger partial charge in [-0.2, -0.15) is 0 Å². The third-order valence-electron chi connectivity index (χ3n) is 5.43. The maximum Gasteiger partial charge on any atom is 0.242 e. The number of amidine groups is 1. The normalized spacial score (nSPS) is 18.3. The fraction of sp³-hybridized carbons (Fsp3) is 0.375. The molecule has 0 aliphatic carbocycles. The summed E-state index contributed by atoms with van der Waals surface area (Å²) in [5.74, 6) is -1.000. The predicted octanol–water partition coefficient (Wildman–Crippen LogP) is 4.22. The Kier molecular flexibility index (Phi) is 8.68. The zero-order valence-corrected chi connectivity index (χ0v) is 21.7. The van der Waals surface area contributed by atoms with Gasteiger partial charge in [0.2, 0.25) is 21.8 Å². The number of carbonyl (C=O) groups excluding carboxylic acids is 2. The van der Waals surface area contributed by atoms with Gasteiger partial charge in [-0.1, -0.05) is 31.2 Å². The first-order valence-electron chi connectivity index (χ1n) is 11.2. The molecule has 1 aliphatic heterocycles. The summed E-state index contributed by atoms with van der Waals surface area (Å²) in [6, 6.07) is 11.5. The first-order valence-corrected chi connectivity index (χ1v) is 13.5. The number of nitrogens with zero attached hydrogens (tertiary/aromatic N) is 3. The van der Waals surface area contributed by atoms with Crippen molar-refractivity contribution in [1.82, 2.24) is 9.21 Å². The molecule has 0 bridgehead atoms. The number of thioether (sulfide) groups is 1. The van der Waals surface area contributed by atoms with Gasteiger partial charge in [0.25, 0.3) is 0 Å². The van der Waals surface area contributed by atoms with E-state index >= 15 is 0 Å². The van der Waals surface area contributed by atoms with Gasteiger partial charge in [0.15, 0.2) is 5.17 Å². The van der Waals surface area contributed by atoms with E-state index in [2.05, 4.69) is 10.3 Å². The van der Waals surface area contributed by atoms with Crippen LogP contribution in [-0.4, -0.2) is 60.0 Å². The maximum absolute atomic E-state index is 13.3. The van der Waals surface area contributed by atoms with Gasteiger partial charge in [-0.3, -0.25) is 14.5 Å². The van der Waals surface area contributed by atoms with Crippen molar-refractivity contribution in [3.8, 4) is 0 Å². The van der Waals surface area contributed by atoms with E-state index in [1.165, 1.54) is 62.3 Å². The minimum atomic E-state index is -3.64. The highest BCUT2D eigenvalue weighted by Crippen LogP contribution is 2.34. The number of sulfonamides is 1. The molecule has 1 aliphatic rings. The fourth-order valence-electron chi connectivity index (χ4n) is 3.59. The van der Waals surface area contributed by atoms with Crippen molar-refractivity contribution in [3.05, 3.63) is 54.3 Å². The smallest absolute Gasteiger partial charge is 0.242 e. The molecule has 0 spiro atoms. The van der Waals surface area contributed by atoms with Crippen molar-refractivity contribution in [1.29, 1.82) is 0 Å². The van der Waals surface area contributed by atoms with E-state index in [0.717, 1.165) is 17.1 Å². The monoisotopic (exact) mass is 520 g/mol. The number of aliphatic imine (C=N–C) groups is 1. The van der Waals surface area contributed by atoms with Crippen LogP contribution < -0.4 is 5.32 Å². The molecule has 1 heterocycles. The van der Waals surface area contributed by atoms with E-state index in [9.17, 15) is 22.4 Å². The number of anilines is 1. The molecule has 1 saturated heterocycles. The minimum absolute atomic E-state index is 0.0791. The molecule has 11 heteroatoms. The highest BCUT2D eigenvalue weighted by molar-refractivity contribution is 8.15. The Balaban J connectivity index is 1.86. The SMILES string of the molecule is CCCC(C)N1C(=O)C(CC(=O)Nc2ccc(F)cc2)SC1=Nc1cccc(S(=O)(=O)N(C)C)c1. The first-order chi connectivity index (χ1) is 16.5. The van der Waals surface area contributed by atoms with Crippen molar-refractivity contribution in [2.45, 2.75) is 49.3 Å². The molecule has 3 rings (SSSR count). The van der Waals surface area contributed by atoms with Crippen molar-refractivity contribution in [2.75, 3.05) is 19.4 Å². The quantitative estimate of drug-likeness (QED) is 0.534. The molecule has 1 N–H and O–H groups in total. The molecular formula is C24H29FN4O4S2. The number of hydrogen-bond donors (Lipinski definition) is 1. The van der Waals surface area contributed by atoms with Gasteiger partial charge in [0.1, 0.15) is 11.1 Å². The van der Waals surface area contributed by atoms with Crippen molar-refractivity contribution in [3.63, 3.8) is 0 Å². The van der Waals surface area contributed by atoms with E-state index in [1.54, 1.807) is 17.0 Å². The lowest BCUT2D eigenvalue weighted by atomic mass is 10.1. The summed E-state index contributed by atoms with van der Waals surface area (Å²) < 4.78 is 39.3. The number of benzene rings is 2. The average molecular weight is 521 g/mol. The molecule has 2 amide bonds. The zero-order valence-electron chi connectivity index (χ0n) is 20.1. The van der Waals surface area contributed by atoms with Crippen LogP contribution in [0.15, 0.2) is 58.4 Å². The Morgan fingerprint density at radius 1 is 1.23 bits per heavy atom. The Labute approximate surface area is 209 Å². The highest BCUT2D eigenvalue weighted by Gasteiger charge is 2.41. The van der Waals surface area contributed by atoms with Crippen LogP contribution in [0.2, 0.25) is 0 Å². The summed E-state index contributed by atoms with van der Waals surface area (Å²) in [7, 11) is -0.734. The average Bonchev–Trinajstić information content (AvgIpc) is 3.09. The van der Waals surface area contributed by atoms with Crippen molar-refractivity contribution >= 4 is 50.1 Å². The molecule has 2 aromatic carbocycles. The van der Waals surface area contributed by atoms with Crippen LogP contribution in [0.1, 0.15) is 33.1 Å². The van der Waals surface area contributed by atoms with Gasteiger partial charge in [-0.15, -0.1) is 0 Å². The Hall–Kier alpha value is -2.76. The second kappa shape index (κ2) is 11.3. The van der Waals surface area contributed by atoms with Crippen molar-refractivity contribution < 1.29 is 22.4 Å². The van der Waals surface area contributed by atoms with Crippen LogP contribution >= 0.6 is 11.8 Å². The van der Waals surface area contributed by atoms with Gasteiger partial charge in [0.05, 0.1) is 10.6 Å². The standard InChI is InChI=1S/C24H29FN4O4S2/c1-5-7-16(2)29-23(31)21(15-22(30)26-18-12-10-17(25)11-13-18)34-24(29)27-19-8-6-9-20(14-19)35(32,33)28(3)4/h6,8-14,16,21H,5,7,15H2,1-4H3,(H,26,30). The van der Waals surface area contributed by atoms with Crippen LogP contribution in [0.5, 0.6) is 0 Å². The molecule has 2 aromatic rings. The summed E-state index contributed by atoms with van der Waals surface area (Å²) in [5, 5.41) is 2.43. The fourth-order valence-corrected chi connectivity index (χ4v) is 5.78. The number of hydrogen-bond acceptors (Lipinski definition) is 6. The Morgan fingerprint density at radius 3 is 2.54 bits per heavy atom. The number of carbonyl (C=O) groups is 2. The topological polar surface area (TPSA) is 99.1 Å². The summed E-state index contributed by atoms with van der Waals surface area (Å²) in [4.78, 5) is 32.1. The number of rotatable bonds is 9. The number of amides is 2. The number of halogens is 1. The Morgan fingerprint density at radius 2 is 1.91 bits per heavy atom. The van der Waals surface area contributed by atoms with Crippen LogP contribution in [0.25, 0.3) is 0 Å². The largest absolute Gasteiger partial charge is 0.326 e. The Bertz CT molecular complexity index is 1220. The summed E-state index contributed by atoms with van der Waals surface area (Å²) in [5.41, 5.74) is 0.837. The van der Waals surface area contributed by atoms with Crippen LogP contribution in [-0.2, 0) is 19.6 Å². The second-order valence-corrected chi connectivity index (χ2v) is 11.7. The summed E-state index contributed by atoms with van der Waals surface area (Å²) in [6.45, 7) is 3.94. The van der Waals surface area contributed by atoms with Gasteiger partial charge in [0, 0.05) is 32.2 Å². The van der Waals surface area contributed by atoms with Crippen LogP contribution in [0.3, 0.4) is 0 Å². The molecule has 0 radical (unpaired) electrons. The highest BCUT2D eigenvalue weighted by atomic mass is 32.2. The minimum Gasteiger partial charge on any atom is -0.326 e. The second-order valence-electron chi connectivity index (χ2n) is 8.39. The van der Waals surface area contributed by atoms with Gasteiger partial charge in [-0.05, 0) is 55.8 Å².